The van der Waals surface area contributed by atoms with Crippen molar-refractivity contribution in [2.75, 3.05) is 19.8 Å². The van der Waals surface area contributed by atoms with Crippen molar-refractivity contribution < 1.29 is 9.26 Å². The lowest BCUT2D eigenvalue weighted by atomic mass is 10.0. The Morgan fingerprint density at radius 2 is 2.30 bits per heavy atom. The summed E-state index contributed by atoms with van der Waals surface area (Å²) in [6, 6.07) is 0.259. The normalized spacial score (nSPS) is 22.5. The summed E-state index contributed by atoms with van der Waals surface area (Å²) in [6.07, 6.45) is 0.618. The van der Waals surface area contributed by atoms with Crippen LogP contribution in [0.5, 0.6) is 0 Å². The summed E-state index contributed by atoms with van der Waals surface area (Å²) in [6.45, 7) is 6.31. The van der Waals surface area contributed by atoms with Crippen LogP contribution in [0.3, 0.4) is 0 Å². The minimum Gasteiger partial charge on any atom is -0.379 e. The summed E-state index contributed by atoms with van der Waals surface area (Å²) >= 11 is 1.64. The van der Waals surface area contributed by atoms with Crippen molar-refractivity contribution in [2.24, 2.45) is 0 Å². The minimum absolute atomic E-state index is 0.147. The first-order valence-corrected chi connectivity index (χ1v) is 7.69. The van der Waals surface area contributed by atoms with Crippen LogP contribution >= 0.6 is 11.3 Å². The SMILES string of the molecule is CCNC1COCC1c1nc(Cc2csc(C)n2)no1. The van der Waals surface area contributed by atoms with E-state index < -0.39 is 0 Å². The average Bonchev–Trinajstić information content (AvgIpc) is 3.12. The highest BCUT2D eigenvalue weighted by Gasteiger charge is 2.33. The molecule has 2 unspecified atom stereocenters. The molecule has 6 nitrogen and oxygen atoms in total. The number of ether oxygens (including phenoxy) is 1. The number of aromatic nitrogens is 3. The Kier molecular flexibility index (Phi) is 4.09. The largest absolute Gasteiger partial charge is 0.379 e. The van der Waals surface area contributed by atoms with Crippen molar-refractivity contribution in [2.45, 2.75) is 32.2 Å². The van der Waals surface area contributed by atoms with E-state index in [-0.39, 0.29) is 12.0 Å². The number of hydrogen-bond donors (Lipinski definition) is 1. The third kappa shape index (κ3) is 2.89. The third-order valence-corrected chi connectivity index (χ3v) is 4.18. The van der Waals surface area contributed by atoms with Crippen molar-refractivity contribution in [1.82, 2.24) is 20.4 Å². The Morgan fingerprint density at radius 1 is 1.40 bits per heavy atom. The van der Waals surface area contributed by atoms with Gasteiger partial charge in [-0.3, -0.25) is 0 Å². The number of rotatable bonds is 5. The highest BCUT2D eigenvalue weighted by Crippen LogP contribution is 2.24. The van der Waals surface area contributed by atoms with Gasteiger partial charge in [0, 0.05) is 11.4 Å². The zero-order chi connectivity index (χ0) is 13.9. The van der Waals surface area contributed by atoms with E-state index in [0.29, 0.717) is 31.3 Å². The predicted octanol–water partition coefficient (Wildman–Crippen LogP) is 1.52. The third-order valence-electron chi connectivity index (χ3n) is 3.35. The zero-order valence-corrected chi connectivity index (χ0v) is 12.4. The molecule has 1 aliphatic heterocycles. The lowest BCUT2D eigenvalue weighted by Crippen LogP contribution is -2.34. The molecule has 1 saturated heterocycles. The van der Waals surface area contributed by atoms with E-state index in [1.165, 1.54) is 0 Å². The topological polar surface area (TPSA) is 73.1 Å². The molecule has 1 fully saturated rings. The van der Waals surface area contributed by atoms with Crippen LogP contribution < -0.4 is 5.32 Å². The van der Waals surface area contributed by atoms with Crippen LogP contribution in [0.25, 0.3) is 0 Å². The molecule has 0 aromatic carbocycles. The fourth-order valence-electron chi connectivity index (χ4n) is 2.40. The molecular weight excluding hydrogens is 276 g/mol. The van der Waals surface area contributed by atoms with E-state index in [4.69, 9.17) is 9.26 Å². The number of likely N-dealkylation sites (N-methyl/N-ethyl adjacent to an activating group) is 1. The van der Waals surface area contributed by atoms with Gasteiger partial charge in [0.15, 0.2) is 5.82 Å². The van der Waals surface area contributed by atoms with E-state index in [9.17, 15) is 0 Å². The molecule has 0 radical (unpaired) electrons. The summed E-state index contributed by atoms with van der Waals surface area (Å²) in [4.78, 5) is 8.91. The molecule has 0 bridgehead atoms. The molecule has 0 aliphatic carbocycles. The van der Waals surface area contributed by atoms with Crippen LogP contribution in [-0.2, 0) is 11.2 Å². The first-order chi connectivity index (χ1) is 9.76. The van der Waals surface area contributed by atoms with Gasteiger partial charge in [0.2, 0.25) is 5.89 Å². The van der Waals surface area contributed by atoms with Crippen LogP contribution in [-0.4, -0.2) is 40.9 Å². The van der Waals surface area contributed by atoms with E-state index >= 15 is 0 Å². The standard InChI is InChI=1S/C13H18N4O2S/c1-3-14-11-6-18-5-10(11)13-16-12(17-19-13)4-9-7-20-8(2)15-9/h7,10-11,14H,3-6H2,1-2H3. The number of hydrogen-bond acceptors (Lipinski definition) is 7. The lowest BCUT2D eigenvalue weighted by Gasteiger charge is -2.13. The van der Waals surface area contributed by atoms with Gasteiger partial charge in [-0.05, 0) is 13.5 Å². The van der Waals surface area contributed by atoms with E-state index in [2.05, 4.69) is 27.4 Å². The predicted molar refractivity (Wildman–Crippen MR) is 75.0 cm³/mol. The molecule has 2 atom stereocenters. The van der Waals surface area contributed by atoms with E-state index in [1.807, 2.05) is 12.3 Å². The maximum atomic E-state index is 5.51. The molecule has 3 heterocycles. The molecule has 0 spiro atoms. The Hall–Kier alpha value is -1.31. The molecule has 7 heteroatoms. The van der Waals surface area contributed by atoms with Crippen molar-refractivity contribution in [3.05, 3.63) is 27.8 Å². The van der Waals surface area contributed by atoms with Gasteiger partial charge in [0.1, 0.15) is 0 Å². The highest BCUT2D eigenvalue weighted by molar-refractivity contribution is 7.09. The molecule has 2 aromatic heterocycles. The van der Waals surface area contributed by atoms with Crippen molar-refractivity contribution >= 4 is 11.3 Å². The maximum Gasteiger partial charge on any atom is 0.233 e. The molecule has 3 rings (SSSR count). The van der Waals surface area contributed by atoms with Crippen LogP contribution in [0.1, 0.15) is 35.3 Å². The van der Waals surface area contributed by atoms with Crippen LogP contribution in [0.15, 0.2) is 9.90 Å². The van der Waals surface area contributed by atoms with E-state index in [1.54, 1.807) is 11.3 Å². The van der Waals surface area contributed by atoms with Gasteiger partial charge in [-0.1, -0.05) is 12.1 Å². The van der Waals surface area contributed by atoms with Gasteiger partial charge in [-0.25, -0.2) is 4.98 Å². The van der Waals surface area contributed by atoms with Crippen LogP contribution in [0.2, 0.25) is 0 Å². The Bertz CT molecular complexity index is 568. The summed E-state index contributed by atoms with van der Waals surface area (Å²) in [5.41, 5.74) is 0.991. The average molecular weight is 294 g/mol. The Morgan fingerprint density at radius 3 is 3.05 bits per heavy atom. The van der Waals surface area contributed by atoms with E-state index in [0.717, 1.165) is 17.2 Å². The summed E-state index contributed by atoms with van der Waals surface area (Å²) in [7, 11) is 0. The van der Waals surface area contributed by atoms with Crippen LogP contribution in [0, 0.1) is 6.92 Å². The van der Waals surface area contributed by atoms with Crippen LogP contribution in [0.4, 0.5) is 0 Å². The zero-order valence-electron chi connectivity index (χ0n) is 11.6. The maximum absolute atomic E-state index is 5.51. The summed E-state index contributed by atoms with van der Waals surface area (Å²) in [5.74, 6) is 1.50. The summed E-state index contributed by atoms with van der Waals surface area (Å²) in [5, 5.41) is 10.5. The number of aryl methyl sites for hydroxylation is 1. The highest BCUT2D eigenvalue weighted by atomic mass is 32.1. The van der Waals surface area contributed by atoms with Crippen molar-refractivity contribution in [1.29, 1.82) is 0 Å². The fourth-order valence-corrected chi connectivity index (χ4v) is 3.01. The van der Waals surface area contributed by atoms with Gasteiger partial charge in [-0.2, -0.15) is 4.98 Å². The van der Waals surface area contributed by atoms with Crippen molar-refractivity contribution in [3.8, 4) is 0 Å². The molecule has 1 N–H and O–H groups in total. The van der Waals surface area contributed by atoms with Gasteiger partial charge >= 0.3 is 0 Å². The van der Waals surface area contributed by atoms with Crippen molar-refractivity contribution in [3.63, 3.8) is 0 Å². The van der Waals surface area contributed by atoms with Gasteiger partial charge in [0.05, 0.1) is 36.3 Å². The lowest BCUT2D eigenvalue weighted by molar-refractivity contribution is 0.185. The Balaban J connectivity index is 1.70. The second-order valence-electron chi connectivity index (χ2n) is 4.89. The molecule has 0 amide bonds. The number of thiazole rings is 1. The number of nitrogens with one attached hydrogen (secondary N) is 1. The minimum atomic E-state index is 0.147. The van der Waals surface area contributed by atoms with Gasteiger partial charge in [-0.15, -0.1) is 11.3 Å². The molecular formula is C13H18N4O2S. The monoisotopic (exact) mass is 294 g/mol. The first kappa shape index (κ1) is 13.7. The fraction of sp³-hybridized carbons (Fsp3) is 0.615. The molecule has 20 heavy (non-hydrogen) atoms. The van der Waals surface area contributed by atoms with Gasteiger partial charge in [0.25, 0.3) is 0 Å². The Labute approximate surface area is 121 Å². The van der Waals surface area contributed by atoms with Gasteiger partial charge < -0.3 is 14.6 Å². The molecule has 2 aromatic rings. The molecule has 0 saturated carbocycles. The second kappa shape index (κ2) is 5.99. The smallest absolute Gasteiger partial charge is 0.233 e. The summed E-state index contributed by atoms with van der Waals surface area (Å²) < 4.78 is 10.9. The number of nitrogens with zero attached hydrogens (tertiary/aromatic N) is 3. The quantitative estimate of drug-likeness (QED) is 0.901. The molecule has 108 valence electrons. The first-order valence-electron chi connectivity index (χ1n) is 6.81. The molecule has 1 aliphatic rings. The second-order valence-corrected chi connectivity index (χ2v) is 5.95.